The van der Waals surface area contributed by atoms with Gasteiger partial charge in [-0.15, -0.1) is 0 Å². The summed E-state index contributed by atoms with van der Waals surface area (Å²) in [5.74, 6) is 0.195. The highest BCUT2D eigenvalue weighted by Gasteiger charge is 2.33. The quantitative estimate of drug-likeness (QED) is 0.718. The molecule has 0 amide bonds. The summed E-state index contributed by atoms with van der Waals surface area (Å²) in [6, 6.07) is 1.03. The van der Waals surface area contributed by atoms with Gasteiger partial charge in [0, 0.05) is 12.4 Å². The van der Waals surface area contributed by atoms with Crippen molar-refractivity contribution in [1.82, 2.24) is 4.98 Å². The SMILES string of the molecule is CC(C)Cc1cnccc1C(F)(F)F. The molecular formula is C10H12F3N. The number of aromatic nitrogens is 1. The topological polar surface area (TPSA) is 12.9 Å². The van der Waals surface area contributed by atoms with E-state index >= 15 is 0 Å². The lowest BCUT2D eigenvalue weighted by Gasteiger charge is -2.13. The molecule has 1 nitrogen and oxygen atoms in total. The van der Waals surface area contributed by atoms with Crippen molar-refractivity contribution in [2.45, 2.75) is 26.4 Å². The summed E-state index contributed by atoms with van der Waals surface area (Å²) in [6.45, 7) is 3.76. The molecule has 1 aromatic heterocycles. The number of halogens is 3. The molecule has 1 aromatic rings. The van der Waals surface area contributed by atoms with Gasteiger partial charge in [-0.05, 0) is 24.0 Å². The van der Waals surface area contributed by atoms with E-state index in [1.807, 2.05) is 13.8 Å². The minimum Gasteiger partial charge on any atom is -0.264 e. The van der Waals surface area contributed by atoms with Crippen LogP contribution in [0.5, 0.6) is 0 Å². The second-order valence-corrected chi connectivity index (χ2v) is 3.63. The first-order valence-corrected chi connectivity index (χ1v) is 4.41. The van der Waals surface area contributed by atoms with Crippen LogP contribution in [0.1, 0.15) is 25.0 Å². The van der Waals surface area contributed by atoms with Crippen molar-refractivity contribution >= 4 is 0 Å². The van der Waals surface area contributed by atoms with E-state index in [0.717, 1.165) is 6.07 Å². The van der Waals surface area contributed by atoms with Crippen molar-refractivity contribution in [3.8, 4) is 0 Å². The normalized spacial score (nSPS) is 12.1. The lowest BCUT2D eigenvalue weighted by Crippen LogP contribution is -2.11. The highest BCUT2D eigenvalue weighted by Crippen LogP contribution is 2.32. The maximum absolute atomic E-state index is 12.5. The molecule has 14 heavy (non-hydrogen) atoms. The van der Waals surface area contributed by atoms with Gasteiger partial charge < -0.3 is 0 Å². The van der Waals surface area contributed by atoms with E-state index in [2.05, 4.69) is 4.98 Å². The predicted octanol–water partition coefficient (Wildman–Crippen LogP) is 3.30. The van der Waals surface area contributed by atoms with Crippen LogP contribution in [-0.2, 0) is 12.6 Å². The first-order valence-electron chi connectivity index (χ1n) is 4.41. The van der Waals surface area contributed by atoms with Crippen molar-refractivity contribution < 1.29 is 13.2 Å². The van der Waals surface area contributed by atoms with Crippen LogP contribution >= 0.6 is 0 Å². The summed E-state index contributed by atoms with van der Waals surface area (Å²) in [4.78, 5) is 3.71. The van der Waals surface area contributed by atoms with E-state index in [-0.39, 0.29) is 11.5 Å². The molecule has 0 fully saturated rings. The molecule has 0 spiro atoms. The Morgan fingerprint density at radius 1 is 1.36 bits per heavy atom. The summed E-state index contributed by atoms with van der Waals surface area (Å²) in [6.07, 6.45) is -1.40. The zero-order chi connectivity index (χ0) is 10.8. The Bertz CT molecular complexity index is 304. The molecule has 0 atom stereocenters. The first-order chi connectivity index (χ1) is 6.41. The standard InChI is InChI=1S/C10H12F3N/c1-7(2)5-8-6-14-4-3-9(8)10(11,12)13/h3-4,6-7H,5H2,1-2H3. The minimum absolute atomic E-state index is 0.195. The van der Waals surface area contributed by atoms with E-state index in [4.69, 9.17) is 0 Å². The number of hydrogen-bond acceptors (Lipinski definition) is 1. The third-order valence-corrected chi connectivity index (χ3v) is 1.84. The van der Waals surface area contributed by atoms with Gasteiger partial charge in [0.2, 0.25) is 0 Å². The highest BCUT2D eigenvalue weighted by molar-refractivity contribution is 5.26. The van der Waals surface area contributed by atoms with Crippen LogP contribution in [0, 0.1) is 5.92 Å². The number of rotatable bonds is 2. The minimum atomic E-state index is -4.27. The van der Waals surface area contributed by atoms with Gasteiger partial charge in [0.25, 0.3) is 0 Å². The number of pyridine rings is 1. The molecule has 78 valence electrons. The van der Waals surface area contributed by atoms with Gasteiger partial charge in [0.05, 0.1) is 5.56 Å². The molecule has 0 bridgehead atoms. The summed E-state index contributed by atoms with van der Waals surface area (Å²) in [5.41, 5.74) is -0.295. The second-order valence-electron chi connectivity index (χ2n) is 3.63. The van der Waals surface area contributed by atoms with Gasteiger partial charge in [-0.2, -0.15) is 13.2 Å². The fraction of sp³-hybridized carbons (Fsp3) is 0.500. The maximum atomic E-state index is 12.5. The first kappa shape index (κ1) is 11.0. The molecule has 0 radical (unpaired) electrons. The number of hydrogen-bond donors (Lipinski definition) is 0. The van der Waals surface area contributed by atoms with Crippen LogP contribution < -0.4 is 0 Å². The number of alkyl halides is 3. The van der Waals surface area contributed by atoms with Gasteiger partial charge in [-0.3, -0.25) is 4.98 Å². The van der Waals surface area contributed by atoms with Crippen LogP contribution in [-0.4, -0.2) is 4.98 Å². The molecule has 0 N–H and O–H groups in total. The largest absolute Gasteiger partial charge is 0.416 e. The Labute approximate surface area is 81.0 Å². The summed E-state index contributed by atoms with van der Waals surface area (Å²) >= 11 is 0. The fourth-order valence-corrected chi connectivity index (χ4v) is 1.31. The lowest BCUT2D eigenvalue weighted by molar-refractivity contribution is -0.138. The van der Waals surface area contributed by atoms with Crippen LogP contribution in [0.4, 0.5) is 13.2 Å². The molecule has 0 saturated carbocycles. The molecule has 0 aliphatic heterocycles. The molecule has 0 saturated heterocycles. The van der Waals surface area contributed by atoms with Crippen LogP contribution in [0.2, 0.25) is 0 Å². The monoisotopic (exact) mass is 203 g/mol. The Morgan fingerprint density at radius 3 is 2.50 bits per heavy atom. The Hall–Kier alpha value is -1.06. The second kappa shape index (κ2) is 3.98. The van der Waals surface area contributed by atoms with Gasteiger partial charge in [0.15, 0.2) is 0 Å². The van der Waals surface area contributed by atoms with Gasteiger partial charge in [-0.1, -0.05) is 13.8 Å². The van der Waals surface area contributed by atoms with Crippen molar-refractivity contribution in [3.63, 3.8) is 0 Å². The summed E-state index contributed by atoms with van der Waals surface area (Å²) in [7, 11) is 0. The van der Waals surface area contributed by atoms with Gasteiger partial charge in [-0.25, -0.2) is 0 Å². The summed E-state index contributed by atoms with van der Waals surface area (Å²) < 4.78 is 37.4. The molecule has 1 rings (SSSR count). The van der Waals surface area contributed by atoms with Crippen LogP contribution in [0.15, 0.2) is 18.5 Å². The van der Waals surface area contributed by atoms with Crippen molar-refractivity contribution in [1.29, 1.82) is 0 Å². The molecule has 0 aromatic carbocycles. The average Bonchev–Trinajstić information content (AvgIpc) is 2.01. The van der Waals surface area contributed by atoms with Crippen molar-refractivity contribution in [2.24, 2.45) is 5.92 Å². The molecule has 0 aliphatic rings. The maximum Gasteiger partial charge on any atom is 0.416 e. The molecule has 4 heteroatoms. The van der Waals surface area contributed by atoms with Crippen LogP contribution in [0.25, 0.3) is 0 Å². The van der Waals surface area contributed by atoms with E-state index in [1.165, 1.54) is 12.4 Å². The fourth-order valence-electron chi connectivity index (χ4n) is 1.31. The van der Waals surface area contributed by atoms with E-state index in [9.17, 15) is 13.2 Å². The molecule has 0 aliphatic carbocycles. The smallest absolute Gasteiger partial charge is 0.264 e. The van der Waals surface area contributed by atoms with Crippen molar-refractivity contribution in [3.05, 3.63) is 29.6 Å². The highest BCUT2D eigenvalue weighted by atomic mass is 19.4. The summed E-state index contributed by atoms with van der Waals surface area (Å²) in [5, 5.41) is 0. The lowest BCUT2D eigenvalue weighted by atomic mass is 10.00. The third-order valence-electron chi connectivity index (χ3n) is 1.84. The Kier molecular flexibility index (Phi) is 3.13. The zero-order valence-corrected chi connectivity index (χ0v) is 8.10. The molecular weight excluding hydrogens is 191 g/mol. The predicted molar refractivity (Wildman–Crippen MR) is 47.8 cm³/mol. The average molecular weight is 203 g/mol. The van der Waals surface area contributed by atoms with Gasteiger partial charge in [0.1, 0.15) is 0 Å². The molecule has 1 heterocycles. The Balaban J connectivity index is 3.04. The van der Waals surface area contributed by atoms with E-state index in [1.54, 1.807) is 0 Å². The molecule has 0 unspecified atom stereocenters. The van der Waals surface area contributed by atoms with E-state index < -0.39 is 11.7 Å². The van der Waals surface area contributed by atoms with Gasteiger partial charge >= 0.3 is 6.18 Å². The van der Waals surface area contributed by atoms with Crippen LogP contribution in [0.3, 0.4) is 0 Å². The zero-order valence-electron chi connectivity index (χ0n) is 8.10. The van der Waals surface area contributed by atoms with E-state index in [0.29, 0.717) is 6.42 Å². The number of nitrogens with zero attached hydrogens (tertiary/aromatic N) is 1. The third kappa shape index (κ3) is 2.72. The Morgan fingerprint density at radius 2 is 2.00 bits per heavy atom. The van der Waals surface area contributed by atoms with Crippen molar-refractivity contribution in [2.75, 3.05) is 0 Å².